The van der Waals surface area contributed by atoms with E-state index in [0.717, 1.165) is 71.6 Å². The Labute approximate surface area is 168 Å². The summed E-state index contributed by atoms with van der Waals surface area (Å²) in [5.41, 5.74) is 4.87. The van der Waals surface area contributed by atoms with Gasteiger partial charge < -0.3 is 5.32 Å². The number of hydrogen-bond acceptors (Lipinski definition) is 4. The minimum atomic E-state index is -3.65. The standard InChI is InChI=1S/C19H23FN4O2S2/c1-3-11-9-14(20)18(27-11)28(21,26)24-19(25)23-17-12-5-4-6-15(12)22-16-10(2)7-8-13(16)17/h9-10H,3-8H2,1-2H3,(H3,21,22,23,24,25,26)/t10-,28-/m1/s1. The predicted octanol–water partition coefficient (Wildman–Crippen LogP) is 4.32. The number of hydrogen-bond donors (Lipinski definition) is 2. The molecule has 2 aromatic heterocycles. The van der Waals surface area contributed by atoms with E-state index >= 15 is 0 Å². The van der Waals surface area contributed by atoms with Crippen molar-refractivity contribution in [3.8, 4) is 0 Å². The van der Waals surface area contributed by atoms with Crippen molar-refractivity contribution in [2.24, 2.45) is 9.50 Å². The summed E-state index contributed by atoms with van der Waals surface area (Å²) in [6.07, 6.45) is 5.15. The Hall–Kier alpha value is -1.84. The predicted molar refractivity (Wildman–Crippen MR) is 109 cm³/mol. The van der Waals surface area contributed by atoms with Gasteiger partial charge in [-0.05, 0) is 61.6 Å². The Morgan fingerprint density at radius 1 is 1.43 bits per heavy atom. The van der Waals surface area contributed by atoms with Crippen LogP contribution >= 0.6 is 11.3 Å². The molecule has 0 spiro atoms. The molecule has 2 aliphatic rings. The second kappa shape index (κ2) is 7.20. The van der Waals surface area contributed by atoms with Crippen LogP contribution < -0.4 is 10.5 Å². The van der Waals surface area contributed by atoms with Gasteiger partial charge in [-0.1, -0.05) is 13.8 Å². The largest absolute Gasteiger partial charge is 0.354 e. The van der Waals surface area contributed by atoms with E-state index in [0.29, 0.717) is 17.2 Å². The molecule has 2 amide bonds. The summed E-state index contributed by atoms with van der Waals surface area (Å²) in [5, 5.41) is 8.57. The first-order chi connectivity index (χ1) is 13.3. The van der Waals surface area contributed by atoms with Crippen LogP contribution in [-0.2, 0) is 35.6 Å². The second-order valence-corrected chi connectivity index (χ2v) is 10.5. The van der Waals surface area contributed by atoms with Crippen molar-refractivity contribution in [1.29, 1.82) is 0 Å². The monoisotopic (exact) mass is 422 g/mol. The fourth-order valence-corrected chi connectivity index (χ4v) is 6.34. The van der Waals surface area contributed by atoms with Crippen molar-refractivity contribution in [3.63, 3.8) is 0 Å². The smallest absolute Gasteiger partial charge is 0.305 e. The van der Waals surface area contributed by atoms with Crippen molar-refractivity contribution in [2.75, 3.05) is 5.32 Å². The minimum absolute atomic E-state index is 0.182. The average molecular weight is 423 g/mol. The Balaban J connectivity index is 1.70. The van der Waals surface area contributed by atoms with Gasteiger partial charge in [0, 0.05) is 16.3 Å². The maximum atomic E-state index is 14.1. The van der Waals surface area contributed by atoms with Gasteiger partial charge in [-0.3, -0.25) is 4.98 Å². The quantitative estimate of drug-likeness (QED) is 0.771. The number of nitrogens with two attached hydrogens (primary N) is 1. The van der Waals surface area contributed by atoms with Crippen molar-refractivity contribution in [3.05, 3.63) is 39.3 Å². The van der Waals surface area contributed by atoms with Gasteiger partial charge in [0.25, 0.3) is 0 Å². The van der Waals surface area contributed by atoms with E-state index in [2.05, 4.69) is 16.6 Å². The number of aromatic nitrogens is 1. The van der Waals surface area contributed by atoms with E-state index in [1.165, 1.54) is 6.07 Å². The number of halogens is 1. The number of carbonyl (C=O) groups excluding carboxylic acids is 1. The first kappa shape index (κ1) is 19.5. The summed E-state index contributed by atoms with van der Waals surface area (Å²) in [6, 6.07) is 0.490. The van der Waals surface area contributed by atoms with Crippen molar-refractivity contribution in [1.82, 2.24) is 4.98 Å². The molecule has 150 valence electrons. The normalized spacial score (nSPS) is 19.8. The van der Waals surface area contributed by atoms with Gasteiger partial charge >= 0.3 is 6.03 Å². The van der Waals surface area contributed by atoms with Crippen LogP contribution in [0, 0.1) is 5.82 Å². The van der Waals surface area contributed by atoms with Gasteiger partial charge in [0.1, 0.15) is 0 Å². The van der Waals surface area contributed by atoms with Crippen LogP contribution in [0.15, 0.2) is 14.6 Å². The fourth-order valence-electron chi connectivity index (χ4n) is 4.02. The summed E-state index contributed by atoms with van der Waals surface area (Å²) in [7, 11) is -3.65. The number of urea groups is 1. The first-order valence-corrected chi connectivity index (χ1v) is 11.9. The van der Waals surface area contributed by atoms with Gasteiger partial charge in [0.05, 0.1) is 5.69 Å². The van der Waals surface area contributed by atoms with Crippen LogP contribution in [0.1, 0.15) is 60.0 Å². The van der Waals surface area contributed by atoms with Gasteiger partial charge in [0.15, 0.2) is 19.9 Å². The number of carbonyl (C=O) groups is 1. The molecule has 2 atom stereocenters. The second-order valence-electron chi connectivity index (χ2n) is 7.36. The molecule has 2 aliphatic carbocycles. The molecule has 6 nitrogen and oxygen atoms in total. The molecular formula is C19H23FN4O2S2. The molecule has 0 aliphatic heterocycles. The number of rotatable bonds is 3. The Morgan fingerprint density at radius 2 is 2.21 bits per heavy atom. The molecule has 0 aromatic carbocycles. The van der Waals surface area contributed by atoms with Gasteiger partial charge in [-0.25, -0.2) is 18.5 Å². The van der Waals surface area contributed by atoms with E-state index < -0.39 is 21.8 Å². The molecule has 4 rings (SSSR count). The summed E-state index contributed by atoms with van der Waals surface area (Å²) in [6.45, 7) is 4.00. The maximum Gasteiger partial charge on any atom is 0.354 e. The van der Waals surface area contributed by atoms with Crippen LogP contribution in [0.4, 0.5) is 14.9 Å². The highest BCUT2D eigenvalue weighted by Gasteiger charge is 2.30. The topological polar surface area (TPSA) is 97.4 Å². The van der Waals surface area contributed by atoms with Crippen LogP contribution in [0.25, 0.3) is 0 Å². The zero-order chi connectivity index (χ0) is 20.1. The third kappa shape index (κ3) is 3.35. The highest BCUT2D eigenvalue weighted by atomic mass is 32.2. The molecule has 0 saturated heterocycles. The fraction of sp³-hybridized carbons (Fsp3) is 0.474. The van der Waals surface area contributed by atoms with Crippen LogP contribution in [0.2, 0.25) is 0 Å². The number of nitrogens with zero attached hydrogens (tertiary/aromatic N) is 2. The minimum Gasteiger partial charge on any atom is -0.305 e. The van der Waals surface area contributed by atoms with Crippen LogP contribution in [-0.4, -0.2) is 15.2 Å². The van der Waals surface area contributed by atoms with Crippen molar-refractivity contribution >= 4 is 33.0 Å². The lowest BCUT2D eigenvalue weighted by atomic mass is 10.0. The summed E-state index contributed by atoms with van der Waals surface area (Å²) >= 11 is 0.996. The van der Waals surface area contributed by atoms with Gasteiger partial charge in [-0.15, -0.1) is 15.7 Å². The zero-order valence-corrected chi connectivity index (χ0v) is 17.5. The van der Waals surface area contributed by atoms with Crippen molar-refractivity contribution in [2.45, 2.75) is 62.5 Å². The zero-order valence-electron chi connectivity index (χ0n) is 15.9. The molecule has 9 heteroatoms. The average Bonchev–Trinajstić information content (AvgIpc) is 3.33. The van der Waals surface area contributed by atoms with E-state index in [4.69, 9.17) is 10.1 Å². The number of amides is 2. The lowest BCUT2D eigenvalue weighted by Gasteiger charge is -2.15. The van der Waals surface area contributed by atoms with Gasteiger partial charge in [0.2, 0.25) is 0 Å². The number of thiophene rings is 1. The van der Waals surface area contributed by atoms with Gasteiger partial charge in [-0.2, -0.15) is 0 Å². The number of aryl methyl sites for hydroxylation is 2. The van der Waals surface area contributed by atoms with E-state index in [9.17, 15) is 13.4 Å². The summed E-state index contributed by atoms with van der Waals surface area (Å²) < 4.78 is 30.4. The third-order valence-corrected chi connectivity index (χ3v) is 8.60. The van der Waals surface area contributed by atoms with E-state index in [1.54, 1.807) is 0 Å². The first-order valence-electron chi connectivity index (χ1n) is 9.48. The Kier molecular flexibility index (Phi) is 5.01. The molecule has 2 aromatic rings. The van der Waals surface area contributed by atoms with Crippen molar-refractivity contribution < 1.29 is 13.4 Å². The molecule has 0 fully saturated rings. The molecule has 0 radical (unpaired) electrons. The SMILES string of the molecule is CCc1cc(F)c([S@](N)(=O)=NC(=O)Nc2c3c(nc4c2CC[C@H]4C)CCC3)s1. The number of nitrogens with one attached hydrogen (secondary N) is 1. The lowest BCUT2D eigenvalue weighted by molar-refractivity contribution is 0.260. The highest BCUT2D eigenvalue weighted by molar-refractivity contribution is 7.93. The maximum absolute atomic E-state index is 14.1. The third-order valence-electron chi connectivity index (χ3n) is 5.42. The highest BCUT2D eigenvalue weighted by Crippen LogP contribution is 2.41. The van der Waals surface area contributed by atoms with E-state index in [1.807, 2.05) is 6.92 Å². The molecule has 0 unspecified atom stereocenters. The summed E-state index contributed by atoms with van der Waals surface area (Å²) in [4.78, 5) is 18.1. The van der Waals surface area contributed by atoms with E-state index in [-0.39, 0.29) is 4.21 Å². The lowest BCUT2D eigenvalue weighted by Crippen LogP contribution is -2.19. The number of fused-ring (bicyclic) bond motifs is 2. The Bertz CT molecular complexity index is 1090. The molecule has 3 N–H and O–H groups in total. The summed E-state index contributed by atoms with van der Waals surface area (Å²) in [5.74, 6) is -0.328. The number of anilines is 1. The van der Waals surface area contributed by atoms with Crippen LogP contribution in [0.5, 0.6) is 0 Å². The molecule has 2 heterocycles. The van der Waals surface area contributed by atoms with Crippen LogP contribution in [0.3, 0.4) is 0 Å². The molecule has 0 saturated carbocycles. The molecule has 28 heavy (non-hydrogen) atoms. The molecular weight excluding hydrogens is 399 g/mol. The molecule has 0 bridgehead atoms. The Morgan fingerprint density at radius 3 is 2.93 bits per heavy atom. The number of pyridine rings is 1.